The summed E-state index contributed by atoms with van der Waals surface area (Å²) in [5.74, 6) is 0.128. The van der Waals surface area contributed by atoms with E-state index < -0.39 is 0 Å². The first-order valence-electron chi connectivity index (χ1n) is 6.56. The van der Waals surface area contributed by atoms with E-state index >= 15 is 0 Å². The lowest BCUT2D eigenvalue weighted by Crippen LogP contribution is -3.17. The Morgan fingerprint density at radius 1 is 1.44 bits per heavy atom. The number of rotatable bonds is 3. The molecule has 98 valence electrons. The van der Waals surface area contributed by atoms with Crippen LogP contribution in [0.4, 0.5) is 5.69 Å². The van der Waals surface area contributed by atoms with Gasteiger partial charge in [0, 0.05) is 3.57 Å². The van der Waals surface area contributed by atoms with Crippen LogP contribution >= 0.6 is 22.6 Å². The smallest absolute Gasteiger partial charge is 0.279 e. The van der Waals surface area contributed by atoms with Gasteiger partial charge in [0.1, 0.15) is 0 Å². The van der Waals surface area contributed by atoms with E-state index in [0.29, 0.717) is 12.6 Å². The van der Waals surface area contributed by atoms with E-state index in [9.17, 15) is 4.79 Å². The minimum atomic E-state index is 0.128. The number of para-hydroxylation sites is 1. The Morgan fingerprint density at radius 2 is 2.22 bits per heavy atom. The number of carbonyl (C=O) groups excluding carboxylic acids is 1. The number of anilines is 1. The van der Waals surface area contributed by atoms with Gasteiger partial charge in [0.2, 0.25) is 0 Å². The maximum absolute atomic E-state index is 12.0. The summed E-state index contributed by atoms with van der Waals surface area (Å²) in [5, 5.41) is 3.01. The maximum Gasteiger partial charge on any atom is 0.279 e. The SMILES string of the molecule is C[C@H]1CCCC[NH+]1CC(=O)Nc1ccccc1I. The largest absolute Gasteiger partial charge is 0.325 e. The molecule has 3 nitrogen and oxygen atoms in total. The van der Waals surface area contributed by atoms with Crippen molar-refractivity contribution < 1.29 is 9.69 Å². The minimum Gasteiger partial charge on any atom is -0.325 e. The number of piperidine rings is 1. The first-order valence-corrected chi connectivity index (χ1v) is 7.63. The van der Waals surface area contributed by atoms with Crippen LogP contribution in [0.25, 0.3) is 0 Å². The Bertz CT molecular complexity index is 422. The van der Waals surface area contributed by atoms with Crippen LogP contribution in [0, 0.1) is 3.57 Å². The molecule has 0 saturated carbocycles. The number of amides is 1. The molecule has 2 rings (SSSR count). The second-order valence-electron chi connectivity index (χ2n) is 5.01. The second kappa shape index (κ2) is 6.52. The Hall–Kier alpha value is -0.620. The average molecular weight is 359 g/mol. The van der Waals surface area contributed by atoms with Gasteiger partial charge in [-0.15, -0.1) is 0 Å². The summed E-state index contributed by atoms with van der Waals surface area (Å²) in [6, 6.07) is 8.50. The summed E-state index contributed by atoms with van der Waals surface area (Å²) in [5.41, 5.74) is 0.923. The highest BCUT2D eigenvalue weighted by molar-refractivity contribution is 14.1. The molecule has 0 aliphatic carbocycles. The predicted octanol–water partition coefficient (Wildman–Crippen LogP) is 1.69. The molecule has 1 heterocycles. The molecular formula is C14H20IN2O+. The van der Waals surface area contributed by atoms with Gasteiger partial charge >= 0.3 is 0 Å². The van der Waals surface area contributed by atoms with Crippen molar-refractivity contribution in [3.05, 3.63) is 27.8 Å². The summed E-state index contributed by atoms with van der Waals surface area (Å²) in [4.78, 5) is 13.5. The van der Waals surface area contributed by atoms with Crippen LogP contribution in [-0.2, 0) is 4.79 Å². The molecule has 4 heteroatoms. The number of quaternary nitrogens is 1. The van der Waals surface area contributed by atoms with Crippen LogP contribution in [0.15, 0.2) is 24.3 Å². The highest BCUT2D eigenvalue weighted by Crippen LogP contribution is 2.16. The number of nitrogens with one attached hydrogen (secondary N) is 2. The summed E-state index contributed by atoms with van der Waals surface area (Å²) >= 11 is 2.25. The number of halogens is 1. The monoisotopic (exact) mass is 359 g/mol. The van der Waals surface area contributed by atoms with Crippen LogP contribution in [0.5, 0.6) is 0 Å². The fraction of sp³-hybridized carbons (Fsp3) is 0.500. The standard InChI is InChI=1S/C14H19IN2O/c1-11-6-4-5-9-17(11)10-14(18)16-13-8-3-2-7-12(13)15/h2-3,7-8,11H,4-6,9-10H2,1H3,(H,16,18)/p+1/t11-/m0/s1. The van der Waals surface area contributed by atoms with E-state index in [-0.39, 0.29) is 5.91 Å². The molecule has 1 saturated heterocycles. The molecule has 18 heavy (non-hydrogen) atoms. The van der Waals surface area contributed by atoms with E-state index in [1.54, 1.807) is 0 Å². The van der Waals surface area contributed by atoms with Gasteiger partial charge in [-0.3, -0.25) is 4.79 Å². The van der Waals surface area contributed by atoms with Gasteiger partial charge in [-0.2, -0.15) is 0 Å². The molecule has 2 N–H and O–H groups in total. The van der Waals surface area contributed by atoms with E-state index in [4.69, 9.17) is 0 Å². The number of hydrogen-bond acceptors (Lipinski definition) is 1. The summed E-state index contributed by atoms with van der Waals surface area (Å²) < 4.78 is 1.09. The molecular weight excluding hydrogens is 339 g/mol. The van der Waals surface area contributed by atoms with E-state index in [2.05, 4.69) is 34.8 Å². The van der Waals surface area contributed by atoms with Crippen LogP contribution in [0.3, 0.4) is 0 Å². The normalized spacial score (nSPS) is 23.7. The first-order chi connectivity index (χ1) is 8.66. The van der Waals surface area contributed by atoms with Crippen LogP contribution in [0.2, 0.25) is 0 Å². The quantitative estimate of drug-likeness (QED) is 0.792. The fourth-order valence-electron chi connectivity index (χ4n) is 2.48. The van der Waals surface area contributed by atoms with Crippen LogP contribution < -0.4 is 10.2 Å². The third kappa shape index (κ3) is 3.68. The highest BCUT2D eigenvalue weighted by atomic mass is 127. The molecule has 1 aliphatic heterocycles. The highest BCUT2D eigenvalue weighted by Gasteiger charge is 2.24. The number of hydrogen-bond donors (Lipinski definition) is 2. The number of likely N-dealkylation sites (tertiary alicyclic amines) is 1. The fourth-order valence-corrected chi connectivity index (χ4v) is 3.00. The first kappa shape index (κ1) is 13.8. The van der Waals surface area contributed by atoms with Crippen LogP contribution in [0.1, 0.15) is 26.2 Å². The van der Waals surface area contributed by atoms with Gasteiger partial charge in [-0.25, -0.2) is 0 Å². The Balaban J connectivity index is 1.90. The summed E-state index contributed by atoms with van der Waals surface area (Å²) in [7, 11) is 0. The zero-order chi connectivity index (χ0) is 13.0. The topological polar surface area (TPSA) is 33.5 Å². The second-order valence-corrected chi connectivity index (χ2v) is 6.17. The molecule has 1 aromatic carbocycles. The maximum atomic E-state index is 12.0. The average Bonchev–Trinajstić information content (AvgIpc) is 2.35. The van der Waals surface area contributed by atoms with Crippen molar-refractivity contribution in [3.8, 4) is 0 Å². The van der Waals surface area contributed by atoms with Crippen LogP contribution in [-0.4, -0.2) is 25.0 Å². The van der Waals surface area contributed by atoms with E-state index in [1.165, 1.54) is 24.2 Å². The van der Waals surface area contributed by atoms with Gasteiger partial charge in [0.15, 0.2) is 6.54 Å². The van der Waals surface area contributed by atoms with Crippen molar-refractivity contribution in [2.45, 2.75) is 32.2 Å². The Morgan fingerprint density at radius 3 is 2.94 bits per heavy atom. The van der Waals surface area contributed by atoms with Gasteiger partial charge in [0.25, 0.3) is 5.91 Å². The molecule has 1 aromatic rings. The van der Waals surface area contributed by atoms with Gasteiger partial charge in [0.05, 0.1) is 18.3 Å². The zero-order valence-corrected chi connectivity index (χ0v) is 12.9. The molecule has 1 unspecified atom stereocenters. The van der Waals surface area contributed by atoms with E-state index in [1.807, 2.05) is 24.3 Å². The summed E-state index contributed by atoms with van der Waals surface area (Å²) in [6.45, 7) is 3.96. The molecule has 1 amide bonds. The van der Waals surface area contributed by atoms with Gasteiger partial charge < -0.3 is 10.2 Å². The molecule has 0 spiro atoms. The Labute approximate surface area is 122 Å². The van der Waals surface area contributed by atoms with Crippen molar-refractivity contribution >= 4 is 34.2 Å². The lowest BCUT2D eigenvalue weighted by atomic mass is 10.0. The van der Waals surface area contributed by atoms with Crippen molar-refractivity contribution in [3.63, 3.8) is 0 Å². The minimum absolute atomic E-state index is 0.128. The summed E-state index contributed by atoms with van der Waals surface area (Å²) in [6.07, 6.45) is 3.80. The third-order valence-corrected chi connectivity index (χ3v) is 4.56. The molecule has 2 atom stereocenters. The van der Waals surface area contributed by atoms with Crippen molar-refractivity contribution in [1.29, 1.82) is 0 Å². The third-order valence-electron chi connectivity index (χ3n) is 3.62. The van der Waals surface area contributed by atoms with Crippen molar-refractivity contribution in [1.82, 2.24) is 0 Å². The number of benzene rings is 1. The molecule has 0 radical (unpaired) electrons. The Kier molecular flexibility index (Phi) is 5.00. The molecule has 0 aromatic heterocycles. The van der Waals surface area contributed by atoms with Gasteiger partial charge in [-0.05, 0) is 60.9 Å². The molecule has 1 fully saturated rings. The predicted molar refractivity (Wildman–Crippen MR) is 81.8 cm³/mol. The number of carbonyl (C=O) groups is 1. The zero-order valence-electron chi connectivity index (χ0n) is 10.7. The lowest BCUT2D eigenvalue weighted by Gasteiger charge is -2.29. The van der Waals surface area contributed by atoms with Crippen molar-refractivity contribution in [2.75, 3.05) is 18.4 Å². The van der Waals surface area contributed by atoms with Gasteiger partial charge in [-0.1, -0.05) is 12.1 Å². The van der Waals surface area contributed by atoms with E-state index in [0.717, 1.165) is 15.8 Å². The molecule has 1 aliphatic rings. The lowest BCUT2D eigenvalue weighted by molar-refractivity contribution is -0.920. The molecule has 0 bridgehead atoms. The van der Waals surface area contributed by atoms with Crippen molar-refractivity contribution in [2.24, 2.45) is 0 Å².